The molecule has 72 valence electrons. The Bertz CT molecular complexity index is 130. The molecule has 0 fully saturated rings. The number of carboxylic acids is 1. The van der Waals surface area contributed by atoms with Gasteiger partial charge in [0, 0.05) is 5.97 Å². The van der Waals surface area contributed by atoms with E-state index in [0.29, 0.717) is 0 Å². The molecule has 0 radical (unpaired) electrons. The van der Waals surface area contributed by atoms with E-state index >= 15 is 0 Å². The second kappa shape index (κ2) is 6.04. The van der Waals surface area contributed by atoms with E-state index in [0.717, 1.165) is 25.2 Å². The Morgan fingerprint density at radius 3 is 2.08 bits per heavy atom. The monoisotopic (exact) mass is 171 g/mol. The van der Waals surface area contributed by atoms with Crippen LogP contribution in [0.5, 0.6) is 0 Å². The SMILES string of the molecule is CC(C)CCCCC(C)C(=O)[O-]. The molecule has 0 aromatic carbocycles. The standard InChI is InChI=1S/C10H20O2/c1-8(2)6-4-5-7-9(3)10(11)12/h8-9H,4-7H2,1-3H3,(H,11,12)/p-1. The van der Waals surface area contributed by atoms with E-state index in [4.69, 9.17) is 0 Å². The van der Waals surface area contributed by atoms with Gasteiger partial charge in [-0.05, 0) is 18.3 Å². The van der Waals surface area contributed by atoms with Crippen LogP contribution in [0.1, 0.15) is 46.5 Å². The highest BCUT2D eigenvalue weighted by Crippen LogP contribution is 2.12. The Kier molecular flexibility index (Phi) is 5.77. The number of aliphatic carboxylic acids is 1. The summed E-state index contributed by atoms with van der Waals surface area (Å²) in [6, 6.07) is 0. The first-order valence-corrected chi connectivity index (χ1v) is 4.75. The van der Waals surface area contributed by atoms with Crippen molar-refractivity contribution in [1.82, 2.24) is 0 Å². The number of rotatable bonds is 6. The minimum Gasteiger partial charge on any atom is -0.550 e. The molecular weight excluding hydrogens is 152 g/mol. The summed E-state index contributed by atoms with van der Waals surface area (Å²) in [7, 11) is 0. The predicted octanol–water partition coefficient (Wildman–Crippen LogP) is 1.59. The highest BCUT2D eigenvalue weighted by Gasteiger charge is 2.02. The van der Waals surface area contributed by atoms with Crippen LogP contribution < -0.4 is 5.11 Å². The number of hydrogen-bond donors (Lipinski definition) is 0. The molecule has 2 heteroatoms. The van der Waals surface area contributed by atoms with Crippen LogP contribution in [0.25, 0.3) is 0 Å². The van der Waals surface area contributed by atoms with E-state index in [1.54, 1.807) is 6.92 Å². The van der Waals surface area contributed by atoms with Crippen molar-refractivity contribution in [3.63, 3.8) is 0 Å². The lowest BCUT2D eigenvalue weighted by molar-refractivity contribution is -0.311. The zero-order valence-electron chi connectivity index (χ0n) is 8.30. The molecule has 0 aromatic heterocycles. The first-order chi connectivity index (χ1) is 5.54. The summed E-state index contributed by atoms with van der Waals surface area (Å²) in [5, 5.41) is 10.3. The number of carbonyl (C=O) groups is 1. The smallest absolute Gasteiger partial charge is 0.0442 e. The van der Waals surface area contributed by atoms with E-state index < -0.39 is 5.97 Å². The van der Waals surface area contributed by atoms with Crippen LogP contribution in [-0.2, 0) is 4.79 Å². The topological polar surface area (TPSA) is 40.1 Å². The maximum absolute atomic E-state index is 10.3. The van der Waals surface area contributed by atoms with Gasteiger partial charge in [0.15, 0.2) is 0 Å². The third-order valence-corrected chi connectivity index (χ3v) is 2.07. The predicted molar refractivity (Wildman–Crippen MR) is 47.5 cm³/mol. The number of unbranched alkanes of at least 4 members (excludes halogenated alkanes) is 1. The molecule has 1 unspecified atom stereocenters. The number of carboxylic acid groups (broad SMARTS) is 1. The molecule has 0 heterocycles. The molecule has 2 nitrogen and oxygen atoms in total. The van der Waals surface area contributed by atoms with Crippen molar-refractivity contribution >= 4 is 5.97 Å². The zero-order chi connectivity index (χ0) is 9.56. The fourth-order valence-corrected chi connectivity index (χ4v) is 1.12. The van der Waals surface area contributed by atoms with E-state index in [2.05, 4.69) is 13.8 Å². The average molecular weight is 171 g/mol. The fraction of sp³-hybridized carbons (Fsp3) is 0.900. The maximum atomic E-state index is 10.3. The van der Waals surface area contributed by atoms with Crippen molar-refractivity contribution in [1.29, 1.82) is 0 Å². The molecule has 0 N–H and O–H groups in total. The van der Waals surface area contributed by atoms with E-state index in [9.17, 15) is 9.90 Å². The summed E-state index contributed by atoms with van der Waals surface area (Å²) in [6.07, 6.45) is 4.09. The van der Waals surface area contributed by atoms with Crippen LogP contribution in [0.2, 0.25) is 0 Å². The first kappa shape index (κ1) is 11.5. The molecule has 0 rings (SSSR count). The van der Waals surface area contributed by atoms with Crippen molar-refractivity contribution in [2.24, 2.45) is 11.8 Å². The Morgan fingerprint density at radius 2 is 1.67 bits per heavy atom. The van der Waals surface area contributed by atoms with Gasteiger partial charge in [-0.25, -0.2) is 0 Å². The van der Waals surface area contributed by atoms with Crippen LogP contribution in [0.4, 0.5) is 0 Å². The van der Waals surface area contributed by atoms with Gasteiger partial charge < -0.3 is 9.90 Å². The van der Waals surface area contributed by atoms with Crippen molar-refractivity contribution in [3.8, 4) is 0 Å². The van der Waals surface area contributed by atoms with Gasteiger partial charge in [-0.1, -0.05) is 40.0 Å². The van der Waals surface area contributed by atoms with E-state index in [1.165, 1.54) is 6.42 Å². The Balaban J connectivity index is 3.25. The summed E-state index contributed by atoms with van der Waals surface area (Å²) >= 11 is 0. The third kappa shape index (κ3) is 6.20. The first-order valence-electron chi connectivity index (χ1n) is 4.75. The molecular formula is C10H19O2-. The minimum atomic E-state index is -0.917. The average Bonchev–Trinajstić information content (AvgIpc) is 1.97. The maximum Gasteiger partial charge on any atom is 0.0442 e. The Labute approximate surface area is 75.0 Å². The second-order valence-corrected chi connectivity index (χ2v) is 3.90. The van der Waals surface area contributed by atoms with Crippen LogP contribution in [0, 0.1) is 11.8 Å². The molecule has 0 aliphatic rings. The molecule has 0 aliphatic heterocycles. The molecule has 1 atom stereocenters. The normalized spacial score (nSPS) is 13.3. The molecule has 0 aromatic rings. The highest BCUT2D eigenvalue weighted by atomic mass is 16.4. The third-order valence-electron chi connectivity index (χ3n) is 2.07. The van der Waals surface area contributed by atoms with E-state index in [1.807, 2.05) is 0 Å². The van der Waals surface area contributed by atoms with Gasteiger partial charge in [0.2, 0.25) is 0 Å². The molecule has 0 spiro atoms. The van der Waals surface area contributed by atoms with Gasteiger partial charge in [-0.2, -0.15) is 0 Å². The number of carbonyl (C=O) groups excluding carboxylic acids is 1. The molecule has 0 amide bonds. The van der Waals surface area contributed by atoms with Gasteiger partial charge in [0.1, 0.15) is 0 Å². The van der Waals surface area contributed by atoms with E-state index in [-0.39, 0.29) is 5.92 Å². The molecule has 0 aliphatic carbocycles. The lowest BCUT2D eigenvalue weighted by atomic mass is 10.0. The largest absolute Gasteiger partial charge is 0.550 e. The van der Waals surface area contributed by atoms with Gasteiger partial charge in [-0.3, -0.25) is 0 Å². The van der Waals surface area contributed by atoms with Crippen molar-refractivity contribution in [2.45, 2.75) is 46.5 Å². The Hall–Kier alpha value is -0.530. The van der Waals surface area contributed by atoms with Gasteiger partial charge >= 0.3 is 0 Å². The van der Waals surface area contributed by atoms with Crippen molar-refractivity contribution in [3.05, 3.63) is 0 Å². The Morgan fingerprint density at radius 1 is 1.17 bits per heavy atom. The van der Waals surface area contributed by atoms with Gasteiger partial charge in [0.25, 0.3) is 0 Å². The summed E-state index contributed by atoms with van der Waals surface area (Å²) in [5.41, 5.74) is 0. The molecule has 0 saturated heterocycles. The lowest BCUT2D eigenvalue weighted by Crippen LogP contribution is -2.29. The highest BCUT2D eigenvalue weighted by molar-refractivity contribution is 5.66. The summed E-state index contributed by atoms with van der Waals surface area (Å²) in [5.74, 6) is -0.472. The summed E-state index contributed by atoms with van der Waals surface area (Å²) in [6.45, 7) is 6.08. The minimum absolute atomic E-state index is 0.280. The van der Waals surface area contributed by atoms with Crippen molar-refractivity contribution < 1.29 is 9.90 Å². The van der Waals surface area contributed by atoms with Crippen LogP contribution >= 0.6 is 0 Å². The quantitative estimate of drug-likeness (QED) is 0.569. The fourth-order valence-electron chi connectivity index (χ4n) is 1.12. The summed E-state index contributed by atoms with van der Waals surface area (Å²) in [4.78, 5) is 10.3. The lowest BCUT2D eigenvalue weighted by Gasteiger charge is -2.12. The summed E-state index contributed by atoms with van der Waals surface area (Å²) < 4.78 is 0. The number of hydrogen-bond acceptors (Lipinski definition) is 2. The van der Waals surface area contributed by atoms with Gasteiger partial charge in [-0.15, -0.1) is 0 Å². The zero-order valence-corrected chi connectivity index (χ0v) is 8.30. The van der Waals surface area contributed by atoms with Crippen LogP contribution in [0.3, 0.4) is 0 Å². The van der Waals surface area contributed by atoms with Crippen molar-refractivity contribution in [2.75, 3.05) is 0 Å². The van der Waals surface area contributed by atoms with Gasteiger partial charge in [0.05, 0.1) is 0 Å². The molecule has 0 saturated carbocycles. The van der Waals surface area contributed by atoms with Crippen LogP contribution in [-0.4, -0.2) is 5.97 Å². The van der Waals surface area contributed by atoms with Crippen LogP contribution in [0.15, 0.2) is 0 Å². The molecule has 12 heavy (non-hydrogen) atoms. The second-order valence-electron chi connectivity index (χ2n) is 3.90. The molecule has 0 bridgehead atoms.